The first kappa shape index (κ1) is 13.0. The maximum Gasteiger partial charge on any atom is 0.230 e. The van der Waals surface area contributed by atoms with Gasteiger partial charge in [0.15, 0.2) is 0 Å². The van der Waals surface area contributed by atoms with E-state index in [9.17, 15) is 4.79 Å². The van der Waals surface area contributed by atoms with Crippen molar-refractivity contribution in [2.45, 2.75) is 12.2 Å². The second-order valence-electron chi connectivity index (χ2n) is 3.24. The zero-order valence-corrected chi connectivity index (χ0v) is 9.87. The van der Waals surface area contributed by atoms with Gasteiger partial charge in [-0.1, -0.05) is 6.07 Å². The summed E-state index contributed by atoms with van der Waals surface area (Å²) in [6.45, 7) is 0.654. The first-order chi connectivity index (χ1) is 7.83. The zero-order valence-electron chi connectivity index (χ0n) is 9.06. The van der Waals surface area contributed by atoms with Crippen molar-refractivity contribution >= 4 is 17.7 Å². The van der Waals surface area contributed by atoms with Gasteiger partial charge in [0.1, 0.15) is 0 Å². The highest BCUT2D eigenvalue weighted by atomic mass is 32.2. The molecule has 0 aliphatic rings. The maximum atomic E-state index is 11.3. The van der Waals surface area contributed by atoms with Crippen LogP contribution in [0.3, 0.4) is 0 Å². The Labute approximate surface area is 99.5 Å². The molecule has 0 unspecified atom stereocenters. The highest BCUT2D eigenvalue weighted by molar-refractivity contribution is 7.99. The first-order valence-electron chi connectivity index (χ1n) is 5.18. The van der Waals surface area contributed by atoms with E-state index in [0.717, 1.165) is 11.4 Å². The van der Waals surface area contributed by atoms with Gasteiger partial charge in [-0.2, -0.15) is 0 Å². The highest BCUT2D eigenvalue weighted by Gasteiger charge is 2.01. The van der Waals surface area contributed by atoms with Gasteiger partial charge in [0.05, 0.1) is 11.4 Å². The molecule has 5 heteroatoms. The Morgan fingerprint density at radius 1 is 1.50 bits per heavy atom. The molecule has 2 N–H and O–H groups in total. The summed E-state index contributed by atoms with van der Waals surface area (Å²) in [5.41, 5.74) is 0.982. The van der Waals surface area contributed by atoms with Gasteiger partial charge in [-0.25, -0.2) is 0 Å². The van der Waals surface area contributed by atoms with Crippen molar-refractivity contribution in [3.05, 3.63) is 30.1 Å². The van der Waals surface area contributed by atoms with E-state index in [2.05, 4.69) is 10.3 Å². The van der Waals surface area contributed by atoms with Crippen molar-refractivity contribution in [1.29, 1.82) is 0 Å². The number of aliphatic hydroxyl groups excluding tert-OH is 1. The number of carbonyl (C=O) groups is 1. The smallest absolute Gasteiger partial charge is 0.230 e. The number of thioether (sulfide) groups is 1. The van der Waals surface area contributed by atoms with E-state index in [1.54, 1.807) is 6.20 Å². The summed E-state index contributed by atoms with van der Waals surface area (Å²) >= 11 is 1.54. The number of nitrogens with zero attached hydrogens (tertiary/aromatic N) is 1. The molecule has 0 aromatic carbocycles. The van der Waals surface area contributed by atoms with Gasteiger partial charge in [0.2, 0.25) is 5.91 Å². The lowest BCUT2D eigenvalue weighted by atomic mass is 10.4. The lowest BCUT2D eigenvalue weighted by Crippen LogP contribution is -2.26. The maximum absolute atomic E-state index is 11.3. The monoisotopic (exact) mass is 240 g/mol. The molecule has 0 bridgehead atoms. The minimum atomic E-state index is 0.00869. The molecule has 0 aliphatic carbocycles. The number of hydrogen-bond acceptors (Lipinski definition) is 4. The summed E-state index contributed by atoms with van der Waals surface area (Å²) in [6, 6.07) is 5.75. The molecule has 1 aromatic rings. The molecule has 0 aliphatic heterocycles. The second kappa shape index (κ2) is 8.13. The Morgan fingerprint density at radius 2 is 2.38 bits per heavy atom. The summed E-state index contributed by atoms with van der Waals surface area (Å²) in [5, 5.41) is 11.3. The fraction of sp³-hybridized carbons (Fsp3) is 0.455. The van der Waals surface area contributed by atoms with Crippen molar-refractivity contribution in [3.8, 4) is 0 Å². The van der Waals surface area contributed by atoms with Crippen molar-refractivity contribution in [2.24, 2.45) is 0 Å². The number of aliphatic hydroxyl groups is 1. The first-order valence-corrected chi connectivity index (χ1v) is 6.33. The van der Waals surface area contributed by atoms with Gasteiger partial charge in [-0.15, -0.1) is 11.8 Å². The number of nitrogens with one attached hydrogen (secondary N) is 1. The van der Waals surface area contributed by atoms with Crippen LogP contribution < -0.4 is 5.32 Å². The molecule has 4 nitrogen and oxygen atoms in total. The van der Waals surface area contributed by atoms with Gasteiger partial charge in [-0.05, 0) is 18.6 Å². The number of hydrogen-bond donors (Lipinski definition) is 2. The summed E-state index contributed by atoms with van der Waals surface area (Å²) in [5.74, 6) is 1.19. The molecule has 16 heavy (non-hydrogen) atoms. The van der Waals surface area contributed by atoms with E-state index < -0.39 is 0 Å². The number of carbonyl (C=O) groups excluding carboxylic acids is 1. The molecule has 0 radical (unpaired) electrons. The fourth-order valence-electron chi connectivity index (χ4n) is 1.09. The number of pyridine rings is 1. The second-order valence-corrected chi connectivity index (χ2v) is 4.23. The number of amides is 1. The predicted octanol–water partition coefficient (Wildman–Crippen LogP) is 0.813. The van der Waals surface area contributed by atoms with Gasteiger partial charge in [-0.3, -0.25) is 9.78 Å². The van der Waals surface area contributed by atoms with Crippen LogP contribution in [0.25, 0.3) is 0 Å². The molecular formula is C11H16N2O2S. The summed E-state index contributed by atoms with van der Waals surface area (Å²) in [4.78, 5) is 15.4. The van der Waals surface area contributed by atoms with Crippen LogP contribution in [0.4, 0.5) is 0 Å². The fourth-order valence-corrected chi connectivity index (χ4v) is 1.86. The largest absolute Gasteiger partial charge is 0.396 e. The van der Waals surface area contributed by atoms with Crippen LogP contribution in [0.2, 0.25) is 0 Å². The third-order valence-corrected chi connectivity index (χ3v) is 2.83. The third-order valence-electron chi connectivity index (χ3n) is 1.87. The van der Waals surface area contributed by atoms with Crippen LogP contribution in [-0.2, 0) is 10.5 Å². The normalized spacial score (nSPS) is 10.1. The van der Waals surface area contributed by atoms with Gasteiger partial charge in [0, 0.05) is 25.1 Å². The standard InChI is InChI=1S/C11H16N2O2S/c14-7-3-6-13-11(15)9-16-8-10-4-1-2-5-12-10/h1-2,4-5,14H,3,6-9H2,(H,13,15). The predicted molar refractivity (Wildman–Crippen MR) is 65.1 cm³/mol. The van der Waals surface area contributed by atoms with Crippen LogP contribution in [0.5, 0.6) is 0 Å². The SMILES string of the molecule is O=C(CSCc1ccccn1)NCCCO. The van der Waals surface area contributed by atoms with Crippen molar-refractivity contribution in [3.63, 3.8) is 0 Å². The van der Waals surface area contributed by atoms with Crippen molar-refractivity contribution < 1.29 is 9.90 Å². The Kier molecular flexibility index (Phi) is 6.60. The summed E-state index contributed by atoms with van der Waals surface area (Å²) in [7, 11) is 0. The molecule has 0 atom stereocenters. The zero-order chi connectivity index (χ0) is 11.6. The van der Waals surface area contributed by atoms with Crippen LogP contribution in [-0.4, -0.2) is 34.9 Å². The van der Waals surface area contributed by atoms with E-state index in [1.807, 2.05) is 18.2 Å². The average molecular weight is 240 g/mol. The van der Waals surface area contributed by atoms with Gasteiger partial charge in [0.25, 0.3) is 0 Å². The third kappa shape index (κ3) is 5.72. The van der Waals surface area contributed by atoms with E-state index >= 15 is 0 Å². The lowest BCUT2D eigenvalue weighted by molar-refractivity contribution is -0.118. The van der Waals surface area contributed by atoms with E-state index in [0.29, 0.717) is 18.7 Å². The van der Waals surface area contributed by atoms with E-state index in [1.165, 1.54) is 11.8 Å². The molecule has 0 fully saturated rings. The molecule has 0 saturated heterocycles. The molecule has 1 heterocycles. The Balaban J connectivity index is 2.09. The van der Waals surface area contributed by atoms with Crippen LogP contribution in [0, 0.1) is 0 Å². The van der Waals surface area contributed by atoms with Crippen molar-refractivity contribution in [1.82, 2.24) is 10.3 Å². The molecule has 0 saturated carbocycles. The van der Waals surface area contributed by atoms with Crippen LogP contribution in [0.15, 0.2) is 24.4 Å². The average Bonchev–Trinajstić information content (AvgIpc) is 2.31. The molecule has 1 rings (SSSR count). The Morgan fingerprint density at radius 3 is 3.06 bits per heavy atom. The molecule has 0 spiro atoms. The van der Waals surface area contributed by atoms with Crippen LogP contribution in [0.1, 0.15) is 12.1 Å². The number of aromatic nitrogens is 1. The molecular weight excluding hydrogens is 224 g/mol. The molecule has 88 valence electrons. The minimum absolute atomic E-state index is 0.00869. The summed E-state index contributed by atoms with van der Waals surface area (Å²) < 4.78 is 0. The minimum Gasteiger partial charge on any atom is -0.396 e. The van der Waals surface area contributed by atoms with Crippen LogP contribution >= 0.6 is 11.8 Å². The van der Waals surface area contributed by atoms with E-state index in [-0.39, 0.29) is 12.5 Å². The quantitative estimate of drug-likeness (QED) is 0.692. The summed E-state index contributed by atoms with van der Waals surface area (Å²) in [6.07, 6.45) is 2.36. The van der Waals surface area contributed by atoms with Crippen molar-refractivity contribution in [2.75, 3.05) is 18.9 Å². The Bertz CT molecular complexity index is 306. The molecule has 1 aromatic heterocycles. The Hall–Kier alpha value is -1.07. The lowest BCUT2D eigenvalue weighted by Gasteiger charge is -2.03. The number of rotatable bonds is 7. The molecule has 1 amide bonds. The van der Waals surface area contributed by atoms with Gasteiger partial charge < -0.3 is 10.4 Å². The van der Waals surface area contributed by atoms with Gasteiger partial charge >= 0.3 is 0 Å². The highest BCUT2D eigenvalue weighted by Crippen LogP contribution is 2.08. The topological polar surface area (TPSA) is 62.2 Å². The van der Waals surface area contributed by atoms with E-state index in [4.69, 9.17) is 5.11 Å².